The summed E-state index contributed by atoms with van der Waals surface area (Å²) in [4.78, 5) is 12.6. The minimum atomic E-state index is -0.203. The summed E-state index contributed by atoms with van der Waals surface area (Å²) in [6.07, 6.45) is 0.761. The molecule has 1 spiro atoms. The Hall–Kier alpha value is -0.770. The molecule has 2 aliphatic rings. The monoisotopic (exact) mass is 156 g/mol. The Bertz CT molecular complexity index is 187. The normalized spacial score (nSPS) is 36.8. The first kappa shape index (κ1) is 6.91. The van der Waals surface area contributed by atoms with Crippen molar-refractivity contribution in [3.05, 3.63) is 0 Å². The lowest BCUT2D eigenvalue weighted by atomic mass is 10.0. The number of likely N-dealkylation sites (N-methyl/N-ethyl adjacent to an activating group) is 1. The lowest BCUT2D eigenvalue weighted by Gasteiger charge is -2.17. The lowest BCUT2D eigenvalue weighted by Crippen LogP contribution is -2.35. The van der Waals surface area contributed by atoms with Gasteiger partial charge in [-0.05, 0) is 6.54 Å². The van der Waals surface area contributed by atoms with Crippen molar-refractivity contribution in [2.45, 2.75) is 12.0 Å². The SMILES string of the molecule is CN1C[C@@]2(CCNC2)OC1=O. The van der Waals surface area contributed by atoms with Gasteiger partial charge in [-0.15, -0.1) is 0 Å². The van der Waals surface area contributed by atoms with Gasteiger partial charge in [0, 0.05) is 20.0 Å². The summed E-state index contributed by atoms with van der Waals surface area (Å²) in [6.45, 7) is 2.50. The molecule has 2 aliphatic heterocycles. The first-order chi connectivity index (χ1) is 5.22. The predicted octanol–water partition coefficient (Wildman–Crippen LogP) is -0.199. The van der Waals surface area contributed by atoms with E-state index in [-0.39, 0.29) is 11.7 Å². The second-order valence-electron chi connectivity index (χ2n) is 3.33. The maximum Gasteiger partial charge on any atom is 0.410 e. The topological polar surface area (TPSA) is 41.6 Å². The van der Waals surface area contributed by atoms with E-state index in [2.05, 4.69) is 5.32 Å². The molecule has 4 nitrogen and oxygen atoms in total. The van der Waals surface area contributed by atoms with Crippen LogP contribution >= 0.6 is 0 Å². The zero-order valence-corrected chi connectivity index (χ0v) is 6.59. The molecule has 0 saturated carbocycles. The van der Waals surface area contributed by atoms with E-state index in [9.17, 15) is 4.79 Å². The molecule has 0 aromatic heterocycles. The quantitative estimate of drug-likeness (QED) is 0.528. The summed E-state index contributed by atoms with van der Waals surface area (Å²) in [5.74, 6) is 0. The molecule has 1 amide bonds. The van der Waals surface area contributed by atoms with Gasteiger partial charge < -0.3 is 15.0 Å². The number of hydrogen-bond donors (Lipinski definition) is 1. The van der Waals surface area contributed by atoms with Gasteiger partial charge in [0.15, 0.2) is 0 Å². The highest BCUT2D eigenvalue weighted by molar-refractivity contribution is 5.70. The molecule has 0 aromatic carbocycles. The van der Waals surface area contributed by atoms with Crippen molar-refractivity contribution in [3.63, 3.8) is 0 Å². The molecule has 0 aliphatic carbocycles. The number of amides is 1. The van der Waals surface area contributed by atoms with Crippen LogP contribution in [0.1, 0.15) is 6.42 Å². The molecule has 62 valence electrons. The number of carbonyl (C=O) groups is 1. The highest BCUT2D eigenvalue weighted by Crippen LogP contribution is 2.27. The van der Waals surface area contributed by atoms with Crippen molar-refractivity contribution in [1.29, 1.82) is 0 Å². The molecule has 0 aromatic rings. The Balaban J connectivity index is 2.12. The predicted molar refractivity (Wildman–Crippen MR) is 39.3 cm³/mol. The third-order valence-corrected chi connectivity index (χ3v) is 2.35. The van der Waals surface area contributed by atoms with Gasteiger partial charge in [-0.3, -0.25) is 0 Å². The third-order valence-electron chi connectivity index (χ3n) is 2.35. The molecular formula is C7H12N2O2. The largest absolute Gasteiger partial charge is 0.439 e. The lowest BCUT2D eigenvalue weighted by molar-refractivity contribution is 0.0728. The zero-order chi connectivity index (χ0) is 7.90. The molecule has 2 saturated heterocycles. The summed E-state index contributed by atoms with van der Waals surface area (Å²) >= 11 is 0. The molecule has 0 unspecified atom stereocenters. The van der Waals surface area contributed by atoms with Crippen LogP contribution in [0.4, 0.5) is 4.79 Å². The molecule has 2 rings (SSSR count). The van der Waals surface area contributed by atoms with Crippen LogP contribution in [0.5, 0.6) is 0 Å². The first-order valence-corrected chi connectivity index (χ1v) is 3.87. The van der Waals surface area contributed by atoms with Crippen molar-refractivity contribution in [1.82, 2.24) is 10.2 Å². The first-order valence-electron chi connectivity index (χ1n) is 3.87. The van der Waals surface area contributed by atoms with Crippen LogP contribution in [0.15, 0.2) is 0 Å². The molecular weight excluding hydrogens is 144 g/mol. The van der Waals surface area contributed by atoms with Crippen LogP contribution in [-0.2, 0) is 4.74 Å². The fourth-order valence-electron chi connectivity index (χ4n) is 1.74. The van der Waals surface area contributed by atoms with Gasteiger partial charge in [-0.25, -0.2) is 4.79 Å². The Morgan fingerprint density at radius 2 is 2.55 bits per heavy atom. The zero-order valence-electron chi connectivity index (χ0n) is 6.59. The van der Waals surface area contributed by atoms with Crippen LogP contribution in [0.25, 0.3) is 0 Å². The summed E-state index contributed by atoms with van der Waals surface area (Å²) in [5.41, 5.74) is -0.203. The highest BCUT2D eigenvalue weighted by Gasteiger charge is 2.45. The van der Waals surface area contributed by atoms with Crippen molar-refractivity contribution >= 4 is 6.09 Å². The van der Waals surface area contributed by atoms with E-state index in [0.29, 0.717) is 0 Å². The molecule has 2 fully saturated rings. The Labute approximate surface area is 65.5 Å². The maximum atomic E-state index is 11.0. The molecule has 2 heterocycles. The van der Waals surface area contributed by atoms with Crippen molar-refractivity contribution < 1.29 is 9.53 Å². The number of ether oxygens (including phenoxy) is 1. The fourth-order valence-corrected chi connectivity index (χ4v) is 1.74. The number of nitrogens with one attached hydrogen (secondary N) is 1. The third kappa shape index (κ3) is 0.976. The van der Waals surface area contributed by atoms with Crippen LogP contribution in [0.3, 0.4) is 0 Å². The second-order valence-corrected chi connectivity index (χ2v) is 3.33. The van der Waals surface area contributed by atoms with E-state index < -0.39 is 0 Å². The smallest absolute Gasteiger partial charge is 0.410 e. The molecule has 0 radical (unpaired) electrons. The molecule has 1 N–H and O–H groups in total. The second kappa shape index (κ2) is 2.11. The summed E-state index contributed by atoms with van der Waals surface area (Å²) in [6, 6.07) is 0. The van der Waals surface area contributed by atoms with Crippen molar-refractivity contribution in [2.75, 3.05) is 26.7 Å². The van der Waals surface area contributed by atoms with Crippen molar-refractivity contribution in [3.8, 4) is 0 Å². The molecule has 1 atom stereocenters. The van der Waals surface area contributed by atoms with Crippen LogP contribution in [0, 0.1) is 0 Å². The van der Waals surface area contributed by atoms with E-state index in [1.165, 1.54) is 0 Å². The molecule has 11 heavy (non-hydrogen) atoms. The van der Waals surface area contributed by atoms with Crippen LogP contribution in [0.2, 0.25) is 0 Å². The van der Waals surface area contributed by atoms with Crippen LogP contribution < -0.4 is 5.32 Å². The maximum absolute atomic E-state index is 11.0. The number of nitrogens with zero attached hydrogens (tertiary/aromatic N) is 1. The molecule has 4 heteroatoms. The van der Waals surface area contributed by atoms with Gasteiger partial charge in [0.05, 0.1) is 6.54 Å². The van der Waals surface area contributed by atoms with Crippen LogP contribution in [-0.4, -0.2) is 43.3 Å². The average molecular weight is 156 g/mol. The van der Waals surface area contributed by atoms with E-state index in [0.717, 1.165) is 26.1 Å². The van der Waals surface area contributed by atoms with Gasteiger partial charge in [-0.2, -0.15) is 0 Å². The number of carbonyl (C=O) groups excluding carboxylic acids is 1. The minimum Gasteiger partial charge on any atom is -0.439 e. The number of rotatable bonds is 0. The summed E-state index contributed by atoms with van der Waals surface area (Å²) in [5, 5.41) is 3.19. The van der Waals surface area contributed by atoms with Gasteiger partial charge in [-0.1, -0.05) is 0 Å². The summed E-state index contributed by atoms with van der Waals surface area (Å²) < 4.78 is 5.25. The standard InChI is InChI=1S/C7H12N2O2/c1-9-5-7(11-6(9)10)2-3-8-4-7/h8H,2-5H2,1H3/t7-/m0/s1. The number of hydrogen-bond acceptors (Lipinski definition) is 3. The average Bonchev–Trinajstić information content (AvgIpc) is 2.46. The van der Waals surface area contributed by atoms with E-state index in [4.69, 9.17) is 4.74 Å². The molecule has 0 bridgehead atoms. The minimum absolute atomic E-state index is 0.186. The van der Waals surface area contributed by atoms with Gasteiger partial charge in [0.25, 0.3) is 0 Å². The van der Waals surface area contributed by atoms with Crippen molar-refractivity contribution in [2.24, 2.45) is 0 Å². The fraction of sp³-hybridized carbons (Fsp3) is 0.857. The summed E-state index contributed by atoms with van der Waals surface area (Å²) in [7, 11) is 1.77. The van der Waals surface area contributed by atoms with E-state index in [1.807, 2.05) is 0 Å². The van der Waals surface area contributed by atoms with E-state index >= 15 is 0 Å². The van der Waals surface area contributed by atoms with E-state index in [1.54, 1.807) is 11.9 Å². The Kier molecular flexibility index (Phi) is 1.32. The Morgan fingerprint density at radius 3 is 3.00 bits per heavy atom. The van der Waals surface area contributed by atoms with Gasteiger partial charge in [0.1, 0.15) is 5.60 Å². The van der Waals surface area contributed by atoms with Gasteiger partial charge >= 0.3 is 6.09 Å². The Morgan fingerprint density at radius 1 is 1.73 bits per heavy atom. The van der Waals surface area contributed by atoms with Gasteiger partial charge in [0.2, 0.25) is 0 Å². The highest BCUT2D eigenvalue weighted by atomic mass is 16.6.